The number of furan rings is 2. The Hall–Kier alpha value is -2.38. The topological polar surface area (TPSA) is 71.5 Å². The zero-order valence-electron chi connectivity index (χ0n) is 14.4. The SMILES string of the molecule is O=C(Cc1csc(-c2ccco2)n1)NCC(c1ccco1)N1CCCC1. The highest BCUT2D eigenvalue weighted by molar-refractivity contribution is 7.13. The number of carbonyl (C=O) groups is 1. The van der Waals surface area contributed by atoms with E-state index in [0.717, 1.165) is 35.3 Å². The zero-order chi connectivity index (χ0) is 17.8. The van der Waals surface area contributed by atoms with E-state index in [1.165, 1.54) is 24.2 Å². The molecular weight excluding hydrogens is 350 g/mol. The van der Waals surface area contributed by atoms with E-state index in [0.29, 0.717) is 6.54 Å². The Morgan fingerprint density at radius 2 is 2.04 bits per heavy atom. The molecule has 7 heteroatoms. The number of nitrogens with zero attached hydrogens (tertiary/aromatic N) is 2. The maximum absolute atomic E-state index is 12.4. The van der Waals surface area contributed by atoms with E-state index < -0.39 is 0 Å². The second kappa shape index (κ2) is 7.88. The molecule has 1 saturated heterocycles. The Bertz CT molecular complexity index is 820. The molecule has 4 rings (SSSR count). The molecule has 3 aromatic rings. The first-order valence-corrected chi connectivity index (χ1v) is 9.70. The van der Waals surface area contributed by atoms with Gasteiger partial charge in [-0.3, -0.25) is 9.69 Å². The van der Waals surface area contributed by atoms with Crippen molar-refractivity contribution in [2.24, 2.45) is 0 Å². The molecule has 0 bridgehead atoms. The van der Waals surface area contributed by atoms with E-state index >= 15 is 0 Å². The molecule has 1 atom stereocenters. The number of amides is 1. The minimum atomic E-state index is -0.0305. The first kappa shape index (κ1) is 17.1. The van der Waals surface area contributed by atoms with Crippen molar-refractivity contribution in [3.63, 3.8) is 0 Å². The second-order valence-electron chi connectivity index (χ2n) is 6.38. The summed E-state index contributed by atoms with van der Waals surface area (Å²) < 4.78 is 10.9. The van der Waals surface area contributed by atoms with Crippen molar-refractivity contribution < 1.29 is 13.6 Å². The highest BCUT2D eigenvalue weighted by Crippen LogP contribution is 2.26. The number of aromatic nitrogens is 1. The van der Waals surface area contributed by atoms with E-state index in [9.17, 15) is 4.79 Å². The molecule has 0 spiro atoms. The van der Waals surface area contributed by atoms with Crippen LogP contribution in [0.2, 0.25) is 0 Å². The van der Waals surface area contributed by atoms with Gasteiger partial charge in [-0.05, 0) is 50.2 Å². The van der Waals surface area contributed by atoms with E-state index in [-0.39, 0.29) is 18.4 Å². The summed E-state index contributed by atoms with van der Waals surface area (Å²) >= 11 is 1.48. The number of thiazole rings is 1. The fourth-order valence-electron chi connectivity index (χ4n) is 3.28. The molecule has 3 aromatic heterocycles. The smallest absolute Gasteiger partial charge is 0.226 e. The third-order valence-electron chi connectivity index (χ3n) is 4.57. The Labute approximate surface area is 155 Å². The summed E-state index contributed by atoms with van der Waals surface area (Å²) in [6, 6.07) is 7.66. The molecule has 4 heterocycles. The maximum atomic E-state index is 12.4. The van der Waals surface area contributed by atoms with Gasteiger partial charge in [0.15, 0.2) is 10.8 Å². The van der Waals surface area contributed by atoms with Gasteiger partial charge in [0.05, 0.1) is 30.7 Å². The number of rotatable bonds is 7. The molecule has 1 aliphatic rings. The van der Waals surface area contributed by atoms with E-state index in [4.69, 9.17) is 8.83 Å². The average molecular weight is 371 g/mol. The van der Waals surface area contributed by atoms with E-state index in [1.807, 2.05) is 29.6 Å². The van der Waals surface area contributed by atoms with Gasteiger partial charge in [0.2, 0.25) is 5.91 Å². The lowest BCUT2D eigenvalue weighted by molar-refractivity contribution is -0.120. The van der Waals surface area contributed by atoms with Crippen molar-refractivity contribution in [2.45, 2.75) is 25.3 Å². The first-order chi connectivity index (χ1) is 12.8. The van der Waals surface area contributed by atoms with Crippen molar-refractivity contribution in [2.75, 3.05) is 19.6 Å². The van der Waals surface area contributed by atoms with Gasteiger partial charge in [-0.1, -0.05) is 0 Å². The quantitative estimate of drug-likeness (QED) is 0.688. The van der Waals surface area contributed by atoms with Crippen molar-refractivity contribution in [1.29, 1.82) is 0 Å². The maximum Gasteiger partial charge on any atom is 0.226 e. The molecule has 0 aliphatic carbocycles. The van der Waals surface area contributed by atoms with Gasteiger partial charge in [0.25, 0.3) is 0 Å². The first-order valence-electron chi connectivity index (χ1n) is 8.82. The summed E-state index contributed by atoms with van der Waals surface area (Å²) in [5, 5.41) is 5.74. The Balaban J connectivity index is 1.35. The Kier molecular flexibility index (Phi) is 5.17. The van der Waals surface area contributed by atoms with Gasteiger partial charge in [0, 0.05) is 11.9 Å². The molecule has 0 saturated carbocycles. The fourth-order valence-corrected chi connectivity index (χ4v) is 4.07. The van der Waals surface area contributed by atoms with Gasteiger partial charge >= 0.3 is 0 Å². The molecule has 0 aromatic carbocycles. The van der Waals surface area contributed by atoms with Crippen LogP contribution in [0.25, 0.3) is 10.8 Å². The summed E-state index contributed by atoms with van der Waals surface area (Å²) in [6.45, 7) is 2.63. The van der Waals surface area contributed by atoms with Crippen molar-refractivity contribution in [1.82, 2.24) is 15.2 Å². The molecule has 26 heavy (non-hydrogen) atoms. The van der Waals surface area contributed by atoms with Crippen LogP contribution in [0, 0.1) is 0 Å². The summed E-state index contributed by atoms with van der Waals surface area (Å²) in [6.07, 6.45) is 5.96. The molecule has 1 N–H and O–H groups in total. The van der Waals surface area contributed by atoms with Crippen LogP contribution in [0.4, 0.5) is 0 Å². The van der Waals surface area contributed by atoms with Gasteiger partial charge in [-0.25, -0.2) is 4.98 Å². The lowest BCUT2D eigenvalue weighted by Gasteiger charge is -2.25. The van der Waals surface area contributed by atoms with Gasteiger partial charge in [0.1, 0.15) is 5.76 Å². The fraction of sp³-hybridized carbons (Fsp3) is 0.368. The van der Waals surface area contributed by atoms with Crippen LogP contribution in [0.3, 0.4) is 0 Å². The van der Waals surface area contributed by atoms with Crippen LogP contribution in [0.15, 0.2) is 51.0 Å². The summed E-state index contributed by atoms with van der Waals surface area (Å²) in [5.41, 5.74) is 0.759. The van der Waals surface area contributed by atoms with E-state index in [1.54, 1.807) is 12.5 Å². The van der Waals surface area contributed by atoms with Crippen molar-refractivity contribution in [3.05, 3.63) is 53.6 Å². The Morgan fingerprint density at radius 3 is 2.77 bits per heavy atom. The summed E-state index contributed by atoms with van der Waals surface area (Å²) in [5.74, 6) is 1.60. The van der Waals surface area contributed by atoms with Crippen LogP contribution in [-0.4, -0.2) is 35.4 Å². The number of hydrogen-bond acceptors (Lipinski definition) is 6. The van der Waals surface area contributed by atoms with Crippen LogP contribution < -0.4 is 5.32 Å². The summed E-state index contributed by atoms with van der Waals surface area (Å²) in [7, 11) is 0. The lowest BCUT2D eigenvalue weighted by Crippen LogP contribution is -2.37. The van der Waals surface area contributed by atoms with Gasteiger partial charge < -0.3 is 14.2 Å². The zero-order valence-corrected chi connectivity index (χ0v) is 15.2. The molecule has 1 unspecified atom stereocenters. The molecule has 1 amide bonds. The van der Waals surface area contributed by atoms with Crippen LogP contribution in [0.5, 0.6) is 0 Å². The third kappa shape index (κ3) is 3.89. The van der Waals surface area contributed by atoms with Crippen molar-refractivity contribution in [3.8, 4) is 10.8 Å². The largest absolute Gasteiger partial charge is 0.468 e. The van der Waals surface area contributed by atoms with Crippen LogP contribution in [0.1, 0.15) is 30.3 Å². The Morgan fingerprint density at radius 1 is 1.23 bits per heavy atom. The number of hydrogen-bond donors (Lipinski definition) is 1. The highest BCUT2D eigenvalue weighted by atomic mass is 32.1. The van der Waals surface area contributed by atoms with Crippen molar-refractivity contribution >= 4 is 17.2 Å². The standard InChI is InChI=1S/C19H21N3O3S/c23-18(11-14-13-26-19(21-14)17-6-4-10-25-17)20-12-15(16-5-3-9-24-16)22-7-1-2-8-22/h3-6,9-10,13,15H,1-2,7-8,11-12H2,(H,20,23). The minimum absolute atomic E-state index is 0.0305. The monoisotopic (exact) mass is 371 g/mol. The molecule has 6 nitrogen and oxygen atoms in total. The van der Waals surface area contributed by atoms with Crippen LogP contribution >= 0.6 is 11.3 Å². The minimum Gasteiger partial charge on any atom is -0.468 e. The van der Waals surface area contributed by atoms with Gasteiger partial charge in [-0.15, -0.1) is 11.3 Å². The molecule has 1 aliphatic heterocycles. The molecule has 136 valence electrons. The lowest BCUT2D eigenvalue weighted by atomic mass is 10.2. The number of likely N-dealkylation sites (tertiary alicyclic amines) is 1. The summed E-state index contributed by atoms with van der Waals surface area (Å²) in [4.78, 5) is 19.2. The third-order valence-corrected chi connectivity index (χ3v) is 5.48. The number of carbonyl (C=O) groups excluding carboxylic acids is 1. The molecule has 1 fully saturated rings. The predicted octanol–water partition coefficient (Wildman–Crippen LogP) is 3.49. The normalized spacial score (nSPS) is 16.0. The van der Waals surface area contributed by atoms with Crippen LogP contribution in [-0.2, 0) is 11.2 Å². The van der Waals surface area contributed by atoms with E-state index in [2.05, 4.69) is 15.2 Å². The molecular formula is C19H21N3O3S. The molecule has 0 radical (unpaired) electrons. The second-order valence-corrected chi connectivity index (χ2v) is 7.23. The average Bonchev–Trinajstić information content (AvgIpc) is 3.41. The highest BCUT2D eigenvalue weighted by Gasteiger charge is 2.26. The number of nitrogens with one attached hydrogen (secondary N) is 1. The predicted molar refractivity (Wildman–Crippen MR) is 98.8 cm³/mol. The van der Waals surface area contributed by atoms with Gasteiger partial charge in [-0.2, -0.15) is 0 Å².